The van der Waals surface area contributed by atoms with Crippen LogP contribution < -0.4 is 5.32 Å². The number of hydrogen-bond acceptors (Lipinski definition) is 3. The molecule has 0 radical (unpaired) electrons. The lowest BCUT2D eigenvalue weighted by Gasteiger charge is -2.34. The third kappa shape index (κ3) is 2.38. The molecule has 2 saturated heterocycles. The first-order chi connectivity index (χ1) is 7.72. The number of hydrogen-bond donors (Lipinski definition) is 1. The summed E-state index contributed by atoms with van der Waals surface area (Å²) in [4.78, 5) is 14.2. The smallest absolute Gasteiger partial charge is 0.240 e. The van der Waals surface area contributed by atoms with Crippen LogP contribution in [-0.2, 0) is 9.53 Å². The van der Waals surface area contributed by atoms with Gasteiger partial charge in [-0.25, -0.2) is 0 Å². The Morgan fingerprint density at radius 2 is 2.38 bits per heavy atom. The highest BCUT2D eigenvalue weighted by molar-refractivity contribution is 5.82. The van der Waals surface area contributed by atoms with Gasteiger partial charge in [0.25, 0.3) is 0 Å². The maximum absolute atomic E-state index is 12.3. The van der Waals surface area contributed by atoms with Crippen LogP contribution in [0.25, 0.3) is 0 Å². The number of amides is 1. The molecule has 0 aliphatic carbocycles. The maximum atomic E-state index is 12.3. The van der Waals surface area contributed by atoms with E-state index in [-0.39, 0.29) is 18.1 Å². The van der Waals surface area contributed by atoms with E-state index < -0.39 is 0 Å². The van der Waals surface area contributed by atoms with Gasteiger partial charge in [-0.2, -0.15) is 0 Å². The molecule has 92 valence electrons. The molecule has 1 amide bonds. The highest BCUT2D eigenvalue weighted by atomic mass is 16.5. The number of carbonyl (C=O) groups is 1. The molecule has 0 aromatic rings. The van der Waals surface area contributed by atoms with Gasteiger partial charge in [-0.15, -0.1) is 0 Å². The van der Waals surface area contributed by atoms with E-state index in [0.29, 0.717) is 12.5 Å². The molecule has 3 unspecified atom stereocenters. The van der Waals surface area contributed by atoms with Crippen LogP contribution in [0.3, 0.4) is 0 Å². The van der Waals surface area contributed by atoms with Gasteiger partial charge in [-0.1, -0.05) is 13.8 Å². The highest BCUT2D eigenvalue weighted by Crippen LogP contribution is 2.18. The summed E-state index contributed by atoms with van der Waals surface area (Å²) in [6, 6.07) is 0.0376. The second-order valence-corrected chi connectivity index (χ2v) is 4.88. The van der Waals surface area contributed by atoms with Crippen LogP contribution in [-0.4, -0.2) is 49.2 Å². The van der Waals surface area contributed by atoms with Crippen LogP contribution in [0.4, 0.5) is 0 Å². The fourth-order valence-electron chi connectivity index (χ4n) is 2.53. The predicted molar refractivity (Wildman–Crippen MR) is 62.2 cm³/mol. The van der Waals surface area contributed by atoms with Crippen LogP contribution >= 0.6 is 0 Å². The quantitative estimate of drug-likeness (QED) is 0.750. The summed E-state index contributed by atoms with van der Waals surface area (Å²) < 4.78 is 5.58. The van der Waals surface area contributed by atoms with Gasteiger partial charge in [0.15, 0.2) is 0 Å². The molecule has 16 heavy (non-hydrogen) atoms. The Labute approximate surface area is 97.3 Å². The molecule has 2 heterocycles. The molecule has 2 fully saturated rings. The van der Waals surface area contributed by atoms with Crippen molar-refractivity contribution in [3.63, 3.8) is 0 Å². The van der Waals surface area contributed by atoms with E-state index in [1.54, 1.807) is 0 Å². The Hall–Kier alpha value is -0.610. The van der Waals surface area contributed by atoms with E-state index >= 15 is 0 Å². The normalized spacial score (nSPS) is 35.4. The molecule has 2 rings (SSSR count). The number of morpholine rings is 1. The fourth-order valence-corrected chi connectivity index (χ4v) is 2.53. The van der Waals surface area contributed by atoms with Gasteiger partial charge in [0.2, 0.25) is 5.91 Å². The average Bonchev–Trinajstić information content (AvgIpc) is 2.74. The van der Waals surface area contributed by atoms with Crippen molar-refractivity contribution in [2.24, 2.45) is 5.92 Å². The molecule has 0 spiro atoms. The monoisotopic (exact) mass is 226 g/mol. The summed E-state index contributed by atoms with van der Waals surface area (Å²) in [5.74, 6) is 0.738. The van der Waals surface area contributed by atoms with Gasteiger partial charge < -0.3 is 15.0 Å². The Bertz CT molecular complexity index is 257. The van der Waals surface area contributed by atoms with Crippen LogP contribution in [0.2, 0.25) is 0 Å². The molecule has 4 heteroatoms. The number of nitrogens with zero attached hydrogens (tertiary/aromatic N) is 1. The van der Waals surface area contributed by atoms with Crippen LogP contribution in [0.5, 0.6) is 0 Å². The van der Waals surface area contributed by atoms with Gasteiger partial charge in [-0.3, -0.25) is 4.79 Å². The topological polar surface area (TPSA) is 41.6 Å². The minimum absolute atomic E-state index is 0.0376. The minimum atomic E-state index is 0.0376. The van der Waals surface area contributed by atoms with E-state index in [1.807, 2.05) is 4.90 Å². The Balaban J connectivity index is 1.93. The van der Waals surface area contributed by atoms with Gasteiger partial charge in [-0.05, 0) is 25.3 Å². The standard InChI is InChI=1S/C12H22N2O2/c1-3-10-8-14(6-7-16-10)12(15)11-9(2)4-5-13-11/h9-11,13H,3-8H2,1-2H3. The molecular formula is C12H22N2O2. The zero-order chi connectivity index (χ0) is 11.5. The molecule has 0 aromatic carbocycles. The van der Waals surface area contributed by atoms with E-state index in [2.05, 4.69) is 19.2 Å². The number of ether oxygens (including phenoxy) is 1. The summed E-state index contributed by atoms with van der Waals surface area (Å²) in [6.07, 6.45) is 2.32. The second-order valence-electron chi connectivity index (χ2n) is 4.88. The summed E-state index contributed by atoms with van der Waals surface area (Å²) >= 11 is 0. The van der Waals surface area contributed by atoms with E-state index in [4.69, 9.17) is 4.74 Å². The van der Waals surface area contributed by atoms with Crippen molar-refractivity contribution in [3.8, 4) is 0 Å². The molecule has 2 aliphatic rings. The van der Waals surface area contributed by atoms with Crippen molar-refractivity contribution in [1.82, 2.24) is 10.2 Å². The lowest BCUT2D eigenvalue weighted by atomic mass is 10.0. The van der Waals surface area contributed by atoms with Gasteiger partial charge in [0, 0.05) is 13.1 Å². The van der Waals surface area contributed by atoms with Gasteiger partial charge in [0.1, 0.15) is 0 Å². The van der Waals surface area contributed by atoms with E-state index in [1.165, 1.54) is 0 Å². The van der Waals surface area contributed by atoms with Crippen molar-refractivity contribution in [2.75, 3.05) is 26.2 Å². The summed E-state index contributed by atoms with van der Waals surface area (Å²) in [5, 5.41) is 3.30. The molecule has 4 nitrogen and oxygen atoms in total. The first-order valence-corrected chi connectivity index (χ1v) is 6.36. The molecule has 0 aromatic heterocycles. The number of nitrogens with one attached hydrogen (secondary N) is 1. The molecule has 0 saturated carbocycles. The lowest BCUT2D eigenvalue weighted by Crippen LogP contribution is -2.52. The van der Waals surface area contributed by atoms with Crippen molar-refractivity contribution in [2.45, 2.75) is 38.8 Å². The number of rotatable bonds is 2. The van der Waals surface area contributed by atoms with Crippen molar-refractivity contribution < 1.29 is 9.53 Å². The Morgan fingerprint density at radius 3 is 3.00 bits per heavy atom. The Kier molecular flexibility index (Phi) is 3.82. The van der Waals surface area contributed by atoms with Gasteiger partial charge in [0.05, 0.1) is 18.8 Å². The van der Waals surface area contributed by atoms with Crippen molar-refractivity contribution in [1.29, 1.82) is 0 Å². The molecule has 1 N–H and O–H groups in total. The second kappa shape index (κ2) is 5.15. The van der Waals surface area contributed by atoms with Gasteiger partial charge >= 0.3 is 0 Å². The largest absolute Gasteiger partial charge is 0.375 e. The first-order valence-electron chi connectivity index (χ1n) is 6.36. The van der Waals surface area contributed by atoms with Crippen molar-refractivity contribution in [3.05, 3.63) is 0 Å². The third-order valence-corrected chi connectivity index (χ3v) is 3.70. The third-order valence-electron chi connectivity index (χ3n) is 3.70. The lowest BCUT2D eigenvalue weighted by molar-refractivity contribution is -0.141. The van der Waals surface area contributed by atoms with E-state index in [0.717, 1.165) is 32.5 Å². The molecule has 0 bridgehead atoms. The average molecular weight is 226 g/mol. The molecule has 2 aliphatic heterocycles. The fraction of sp³-hybridized carbons (Fsp3) is 0.917. The van der Waals surface area contributed by atoms with E-state index in [9.17, 15) is 4.79 Å². The highest BCUT2D eigenvalue weighted by Gasteiger charge is 2.34. The SMILES string of the molecule is CCC1CN(C(=O)C2NCCC2C)CCO1. The molecule has 3 atom stereocenters. The predicted octanol–water partition coefficient (Wildman–Crippen LogP) is 0.622. The Morgan fingerprint density at radius 1 is 1.56 bits per heavy atom. The first kappa shape index (κ1) is 11.9. The van der Waals surface area contributed by atoms with Crippen LogP contribution in [0.1, 0.15) is 26.7 Å². The summed E-state index contributed by atoms with van der Waals surface area (Å²) in [6.45, 7) is 7.43. The maximum Gasteiger partial charge on any atom is 0.240 e. The van der Waals surface area contributed by atoms with Crippen LogP contribution in [0.15, 0.2) is 0 Å². The zero-order valence-electron chi connectivity index (χ0n) is 10.2. The molecular weight excluding hydrogens is 204 g/mol. The number of carbonyl (C=O) groups excluding carboxylic acids is 1. The van der Waals surface area contributed by atoms with Crippen LogP contribution in [0, 0.1) is 5.92 Å². The summed E-state index contributed by atoms with van der Waals surface area (Å²) in [5.41, 5.74) is 0. The minimum Gasteiger partial charge on any atom is -0.375 e. The van der Waals surface area contributed by atoms with Crippen molar-refractivity contribution >= 4 is 5.91 Å². The summed E-state index contributed by atoms with van der Waals surface area (Å²) in [7, 11) is 0. The zero-order valence-corrected chi connectivity index (χ0v) is 10.2.